The first-order chi connectivity index (χ1) is 11.3. The highest BCUT2D eigenvalue weighted by atomic mass is 16.5. The molecule has 6 nitrogen and oxygen atoms in total. The second-order valence-corrected chi connectivity index (χ2v) is 6.71. The first kappa shape index (κ1) is 14.8. The quantitative estimate of drug-likeness (QED) is 0.852. The molecule has 3 saturated heterocycles. The minimum absolute atomic E-state index is 0.174. The molecule has 2 amide bonds. The lowest BCUT2D eigenvalue weighted by molar-refractivity contribution is -0.122. The van der Waals surface area contributed by atoms with E-state index in [9.17, 15) is 4.79 Å². The molecule has 1 atom stereocenters. The zero-order valence-corrected chi connectivity index (χ0v) is 13.3. The van der Waals surface area contributed by atoms with Gasteiger partial charge in [0.15, 0.2) is 0 Å². The SMILES string of the molecule is O=C(N1CCCC1)N1CC2(C1)OCC[C@H]2COc1ccccn1. The molecule has 1 aromatic heterocycles. The van der Waals surface area contributed by atoms with Crippen LogP contribution in [0.3, 0.4) is 0 Å². The Morgan fingerprint density at radius 2 is 2.13 bits per heavy atom. The molecule has 0 radical (unpaired) electrons. The number of hydrogen-bond acceptors (Lipinski definition) is 4. The van der Waals surface area contributed by atoms with Crippen molar-refractivity contribution in [2.75, 3.05) is 39.4 Å². The van der Waals surface area contributed by atoms with Crippen LogP contribution in [0, 0.1) is 5.92 Å². The van der Waals surface area contributed by atoms with Gasteiger partial charge < -0.3 is 19.3 Å². The van der Waals surface area contributed by atoms with Gasteiger partial charge in [-0.2, -0.15) is 0 Å². The van der Waals surface area contributed by atoms with Gasteiger partial charge in [0.2, 0.25) is 5.88 Å². The van der Waals surface area contributed by atoms with Crippen LogP contribution in [0.2, 0.25) is 0 Å². The molecule has 4 rings (SSSR count). The molecule has 0 aromatic carbocycles. The topological polar surface area (TPSA) is 54.9 Å². The fourth-order valence-electron chi connectivity index (χ4n) is 3.83. The lowest BCUT2D eigenvalue weighted by Gasteiger charge is -2.50. The van der Waals surface area contributed by atoms with Gasteiger partial charge in [0.1, 0.15) is 5.60 Å². The number of carbonyl (C=O) groups excluding carboxylic acids is 1. The van der Waals surface area contributed by atoms with E-state index in [2.05, 4.69) is 4.98 Å². The summed E-state index contributed by atoms with van der Waals surface area (Å²) in [7, 11) is 0. The number of pyridine rings is 1. The van der Waals surface area contributed by atoms with E-state index < -0.39 is 0 Å². The Labute approximate surface area is 136 Å². The maximum atomic E-state index is 12.4. The van der Waals surface area contributed by atoms with Crippen molar-refractivity contribution in [3.05, 3.63) is 24.4 Å². The molecule has 0 saturated carbocycles. The molecular weight excluding hydrogens is 294 g/mol. The highest BCUT2D eigenvalue weighted by Crippen LogP contribution is 2.40. The maximum absolute atomic E-state index is 12.4. The van der Waals surface area contributed by atoms with E-state index in [1.54, 1.807) is 6.20 Å². The van der Waals surface area contributed by atoms with Crippen molar-refractivity contribution in [3.63, 3.8) is 0 Å². The number of ether oxygens (including phenoxy) is 2. The van der Waals surface area contributed by atoms with Crippen LogP contribution in [-0.4, -0.2) is 65.8 Å². The number of hydrogen-bond donors (Lipinski definition) is 0. The van der Waals surface area contributed by atoms with E-state index in [0.29, 0.717) is 31.5 Å². The van der Waals surface area contributed by atoms with Gasteiger partial charge in [-0.05, 0) is 25.3 Å². The smallest absolute Gasteiger partial charge is 0.320 e. The van der Waals surface area contributed by atoms with Gasteiger partial charge >= 0.3 is 6.03 Å². The van der Waals surface area contributed by atoms with Gasteiger partial charge in [0, 0.05) is 37.9 Å². The molecule has 124 valence electrons. The number of amides is 2. The van der Waals surface area contributed by atoms with Crippen LogP contribution in [0.1, 0.15) is 19.3 Å². The fourth-order valence-corrected chi connectivity index (χ4v) is 3.83. The molecule has 1 aromatic rings. The summed E-state index contributed by atoms with van der Waals surface area (Å²) in [5.41, 5.74) is -0.204. The van der Waals surface area contributed by atoms with Gasteiger partial charge in [-0.25, -0.2) is 9.78 Å². The normalized spacial score (nSPS) is 25.7. The summed E-state index contributed by atoms with van der Waals surface area (Å²) >= 11 is 0. The van der Waals surface area contributed by atoms with Crippen molar-refractivity contribution < 1.29 is 14.3 Å². The van der Waals surface area contributed by atoms with Crippen LogP contribution in [0.5, 0.6) is 5.88 Å². The summed E-state index contributed by atoms with van der Waals surface area (Å²) in [5, 5.41) is 0. The van der Waals surface area contributed by atoms with Crippen LogP contribution >= 0.6 is 0 Å². The van der Waals surface area contributed by atoms with Crippen LogP contribution < -0.4 is 4.74 Å². The summed E-state index contributed by atoms with van der Waals surface area (Å²) in [6.45, 7) is 4.53. The van der Waals surface area contributed by atoms with Crippen molar-refractivity contribution in [1.82, 2.24) is 14.8 Å². The van der Waals surface area contributed by atoms with Crippen molar-refractivity contribution in [2.24, 2.45) is 5.92 Å². The lowest BCUT2D eigenvalue weighted by atomic mass is 9.81. The number of likely N-dealkylation sites (tertiary alicyclic amines) is 2. The van der Waals surface area contributed by atoms with E-state index in [0.717, 1.165) is 39.0 Å². The molecule has 23 heavy (non-hydrogen) atoms. The van der Waals surface area contributed by atoms with Gasteiger partial charge in [0.25, 0.3) is 0 Å². The van der Waals surface area contributed by atoms with E-state index >= 15 is 0 Å². The molecule has 0 aliphatic carbocycles. The van der Waals surface area contributed by atoms with Crippen LogP contribution in [-0.2, 0) is 4.74 Å². The monoisotopic (exact) mass is 317 g/mol. The second-order valence-electron chi connectivity index (χ2n) is 6.71. The van der Waals surface area contributed by atoms with Crippen molar-refractivity contribution >= 4 is 6.03 Å². The van der Waals surface area contributed by atoms with Gasteiger partial charge in [-0.1, -0.05) is 6.07 Å². The van der Waals surface area contributed by atoms with Crippen LogP contribution in [0.25, 0.3) is 0 Å². The molecule has 6 heteroatoms. The number of rotatable bonds is 3. The standard InChI is InChI=1S/C17H23N3O3/c21-16(19-8-3-4-9-19)20-12-17(13-20)14(6-10-23-17)11-22-15-5-1-2-7-18-15/h1-2,5,7,14H,3-4,6,8-13H2/t14-/m0/s1. The minimum atomic E-state index is -0.204. The van der Waals surface area contributed by atoms with Crippen molar-refractivity contribution in [1.29, 1.82) is 0 Å². The van der Waals surface area contributed by atoms with E-state index in [1.807, 2.05) is 28.0 Å². The summed E-state index contributed by atoms with van der Waals surface area (Å²) in [6, 6.07) is 5.84. The third-order valence-corrected chi connectivity index (χ3v) is 5.23. The molecule has 0 N–H and O–H groups in total. The zero-order chi connectivity index (χ0) is 15.7. The van der Waals surface area contributed by atoms with E-state index in [4.69, 9.17) is 9.47 Å². The van der Waals surface area contributed by atoms with E-state index in [1.165, 1.54) is 0 Å². The highest BCUT2D eigenvalue weighted by Gasteiger charge is 2.55. The molecular formula is C17H23N3O3. The molecule has 0 unspecified atom stereocenters. The van der Waals surface area contributed by atoms with Crippen LogP contribution in [0.4, 0.5) is 4.79 Å². The molecule has 1 spiro atoms. The third kappa shape index (κ3) is 2.76. The predicted molar refractivity (Wildman–Crippen MR) is 84.3 cm³/mol. The largest absolute Gasteiger partial charge is 0.477 e. The number of aromatic nitrogens is 1. The van der Waals surface area contributed by atoms with Gasteiger partial charge in [-0.3, -0.25) is 0 Å². The number of nitrogens with zero attached hydrogens (tertiary/aromatic N) is 3. The Morgan fingerprint density at radius 3 is 2.87 bits per heavy atom. The minimum Gasteiger partial charge on any atom is -0.477 e. The Morgan fingerprint density at radius 1 is 1.30 bits per heavy atom. The molecule has 3 aliphatic heterocycles. The maximum Gasteiger partial charge on any atom is 0.320 e. The molecule has 4 heterocycles. The van der Waals surface area contributed by atoms with Crippen molar-refractivity contribution in [3.8, 4) is 5.88 Å². The summed E-state index contributed by atoms with van der Waals surface area (Å²) in [4.78, 5) is 20.5. The Bertz CT molecular complexity index is 553. The summed E-state index contributed by atoms with van der Waals surface area (Å²) in [5.74, 6) is 0.978. The van der Waals surface area contributed by atoms with Crippen LogP contribution in [0.15, 0.2) is 24.4 Å². The highest BCUT2D eigenvalue weighted by molar-refractivity contribution is 5.76. The average Bonchev–Trinajstić information content (AvgIpc) is 3.21. The first-order valence-electron chi connectivity index (χ1n) is 8.48. The van der Waals surface area contributed by atoms with Crippen molar-refractivity contribution in [2.45, 2.75) is 24.9 Å². The summed E-state index contributed by atoms with van der Waals surface area (Å²) in [6.07, 6.45) is 4.97. The van der Waals surface area contributed by atoms with Gasteiger partial charge in [-0.15, -0.1) is 0 Å². The van der Waals surface area contributed by atoms with E-state index in [-0.39, 0.29) is 11.6 Å². The zero-order valence-electron chi connectivity index (χ0n) is 13.3. The summed E-state index contributed by atoms with van der Waals surface area (Å²) < 4.78 is 11.8. The lowest BCUT2D eigenvalue weighted by Crippen LogP contribution is -2.68. The number of carbonyl (C=O) groups is 1. The average molecular weight is 317 g/mol. The molecule has 3 aliphatic rings. The third-order valence-electron chi connectivity index (χ3n) is 5.23. The fraction of sp³-hybridized carbons (Fsp3) is 0.647. The Balaban J connectivity index is 1.33. The Hall–Kier alpha value is -1.82. The first-order valence-corrected chi connectivity index (χ1v) is 8.48. The molecule has 3 fully saturated rings. The second kappa shape index (κ2) is 6.00. The predicted octanol–water partition coefficient (Wildman–Crippen LogP) is 1.77. The van der Waals surface area contributed by atoms with Gasteiger partial charge in [0.05, 0.1) is 19.7 Å². The Kier molecular flexibility index (Phi) is 3.85. The molecule has 0 bridgehead atoms. The number of urea groups is 1.